The van der Waals surface area contributed by atoms with E-state index in [-0.39, 0.29) is 0 Å². The molecule has 2 N–H and O–H groups in total. The molecule has 1 aliphatic rings. The molecule has 1 fully saturated rings. The fourth-order valence-corrected chi connectivity index (χ4v) is 2.88. The van der Waals surface area contributed by atoms with Crippen LogP contribution in [0.1, 0.15) is 18.4 Å². The van der Waals surface area contributed by atoms with E-state index in [4.69, 9.17) is 11.0 Å². The van der Waals surface area contributed by atoms with Crippen LogP contribution in [0.3, 0.4) is 0 Å². The first kappa shape index (κ1) is 13.7. The second kappa shape index (κ2) is 5.94. The lowest BCUT2D eigenvalue weighted by Crippen LogP contribution is -2.38. The van der Waals surface area contributed by atoms with Crippen molar-refractivity contribution in [3.63, 3.8) is 0 Å². The Hall–Kier alpha value is -1.73. The van der Waals surface area contributed by atoms with Gasteiger partial charge in [-0.25, -0.2) is 0 Å². The fraction of sp³-hybridized carbons (Fsp3) is 0.533. The molecule has 0 aromatic heterocycles. The summed E-state index contributed by atoms with van der Waals surface area (Å²) in [4.78, 5) is 4.60. The van der Waals surface area contributed by atoms with Crippen LogP contribution in [0.5, 0.6) is 0 Å². The Kier molecular flexibility index (Phi) is 4.28. The van der Waals surface area contributed by atoms with Crippen LogP contribution in [0.4, 0.5) is 11.4 Å². The van der Waals surface area contributed by atoms with Gasteiger partial charge in [0.2, 0.25) is 0 Å². The normalized spacial score (nSPS) is 19.9. The molecule has 0 amide bonds. The SMILES string of the molecule is CN1CCCC(CN(C)c2ccc(C#N)cc2N)C1. The molecular formula is C15H22N4. The van der Waals surface area contributed by atoms with E-state index in [0.29, 0.717) is 17.2 Å². The standard InChI is InChI=1S/C15H22N4/c1-18-7-3-4-13(10-18)11-19(2)15-6-5-12(9-16)8-14(15)17/h5-6,8,13H,3-4,7,10-11,17H2,1-2H3. The highest BCUT2D eigenvalue weighted by atomic mass is 15.1. The first-order chi connectivity index (χ1) is 9.10. The highest BCUT2D eigenvalue weighted by Crippen LogP contribution is 2.25. The van der Waals surface area contributed by atoms with Crippen LogP contribution in [0, 0.1) is 17.2 Å². The predicted octanol–water partition coefficient (Wildman–Crippen LogP) is 1.92. The van der Waals surface area contributed by atoms with Gasteiger partial charge in [-0.15, -0.1) is 0 Å². The summed E-state index contributed by atoms with van der Waals surface area (Å²) >= 11 is 0. The molecule has 2 rings (SSSR count). The molecule has 1 atom stereocenters. The van der Waals surface area contributed by atoms with E-state index in [2.05, 4.69) is 30.0 Å². The Bertz CT molecular complexity index is 478. The van der Waals surface area contributed by atoms with E-state index in [0.717, 1.165) is 18.8 Å². The van der Waals surface area contributed by atoms with Crippen molar-refractivity contribution in [2.24, 2.45) is 5.92 Å². The number of piperidine rings is 1. The molecule has 1 aromatic carbocycles. The van der Waals surface area contributed by atoms with Crippen LogP contribution in [-0.4, -0.2) is 38.6 Å². The third-order valence-electron chi connectivity index (χ3n) is 3.82. The summed E-state index contributed by atoms with van der Waals surface area (Å²) < 4.78 is 0. The number of hydrogen-bond acceptors (Lipinski definition) is 4. The molecular weight excluding hydrogens is 236 g/mol. The average molecular weight is 258 g/mol. The molecule has 1 unspecified atom stereocenters. The van der Waals surface area contributed by atoms with Crippen molar-refractivity contribution >= 4 is 11.4 Å². The second-order valence-corrected chi connectivity index (χ2v) is 5.54. The first-order valence-corrected chi connectivity index (χ1v) is 6.79. The van der Waals surface area contributed by atoms with Gasteiger partial charge in [-0.3, -0.25) is 0 Å². The smallest absolute Gasteiger partial charge is 0.0992 e. The number of likely N-dealkylation sites (tertiary alicyclic amines) is 1. The maximum atomic E-state index is 8.86. The van der Waals surface area contributed by atoms with Gasteiger partial charge in [-0.2, -0.15) is 5.26 Å². The maximum Gasteiger partial charge on any atom is 0.0992 e. The molecule has 1 aliphatic heterocycles. The minimum absolute atomic E-state index is 0.618. The Balaban J connectivity index is 2.03. The molecule has 4 heteroatoms. The maximum absolute atomic E-state index is 8.86. The second-order valence-electron chi connectivity index (χ2n) is 5.54. The van der Waals surface area contributed by atoms with Crippen LogP contribution in [0.2, 0.25) is 0 Å². The molecule has 0 saturated carbocycles. The van der Waals surface area contributed by atoms with Crippen molar-refractivity contribution in [2.45, 2.75) is 12.8 Å². The zero-order chi connectivity index (χ0) is 13.8. The summed E-state index contributed by atoms with van der Waals surface area (Å²) in [7, 11) is 4.26. The van der Waals surface area contributed by atoms with Crippen LogP contribution in [0.15, 0.2) is 18.2 Å². The number of hydrogen-bond donors (Lipinski definition) is 1. The van der Waals surface area contributed by atoms with Crippen LogP contribution in [0.25, 0.3) is 0 Å². The Labute approximate surface area is 115 Å². The number of anilines is 2. The number of benzene rings is 1. The van der Waals surface area contributed by atoms with Gasteiger partial charge in [-0.1, -0.05) is 0 Å². The van der Waals surface area contributed by atoms with E-state index in [1.54, 1.807) is 6.07 Å². The minimum Gasteiger partial charge on any atom is -0.397 e. The summed E-state index contributed by atoms with van der Waals surface area (Å²) in [6, 6.07) is 7.64. The third kappa shape index (κ3) is 3.39. The molecule has 1 saturated heterocycles. The molecule has 0 spiro atoms. The van der Waals surface area contributed by atoms with Gasteiger partial charge in [-0.05, 0) is 50.6 Å². The third-order valence-corrected chi connectivity index (χ3v) is 3.82. The van der Waals surface area contributed by atoms with E-state index in [9.17, 15) is 0 Å². The number of nitriles is 1. The van der Waals surface area contributed by atoms with Crippen LogP contribution in [-0.2, 0) is 0 Å². The Morgan fingerprint density at radius 3 is 2.95 bits per heavy atom. The van der Waals surface area contributed by atoms with Gasteiger partial charge in [0, 0.05) is 20.1 Å². The summed E-state index contributed by atoms with van der Waals surface area (Å²) in [5.41, 5.74) is 8.35. The number of nitrogens with two attached hydrogens (primary N) is 1. The summed E-state index contributed by atoms with van der Waals surface area (Å²) in [6.07, 6.45) is 2.56. The summed E-state index contributed by atoms with van der Waals surface area (Å²) in [6.45, 7) is 3.38. The van der Waals surface area contributed by atoms with Crippen molar-refractivity contribution in [3.05, 3.63) is 23.8 Å². The van der Waals surface area contributed by atoms with Gasteiger partial charge >= 0.3 is 0 Å². The van der Waals surface area contributed by atoms with Crippen molar-refractivity contribution in [1.82, 2.24) is 4.90 Å². The largest absolute Gasteiger partial charge is 0.397 e. The van der Waals surface area contributed by atoms with Gasteiger partial charge in [0.15, 0.2) is 0 Å². The van der Waals surface area contributed by atoms with Gasteiger partial charge in [0.05, 0.1) is 23.0 Å². The average Bonchev–Trinajstić information content (AvgIpc) is 2.38. The highest BCUT2D eigenvalue weighted by molar-refractivity contribution is 5.69. The first-order valence-electron chi connectivity index (χ1n) is 6.79. The fourth-order valence-electron chi connectivity index (χ4n) is 2.88. The zero-order valence-corrected chi connectivity index (χ0v) is 11.8. The van der Waals surface area contributed by atoms with Crippen molar-refractivity contribution in [2.75, 3.05) is 44.4 Å². The lowest BCUT2D eigenvalue weighted by Gasteiger charge is -2.33. The zero-order valence-electron chi connectivity index (χ0n) is 11.8. The minimum atomic E-state index is 0.618. The van der Waals surface area contributed by atoms with Crippen molar-refractivity contribution in [1.29, 1.82) is 5.26 Å². The number of rotatable bonds is 3. The van der Waals surface area contributed by atoms with Crippen LogP contribution < -0.4 is 10.6 Å². The summed E-state index contributed by atoms with van der Waals surface area (Å²) in [5.74, 6) is 0.693. The molecule has 1 aromatic rings. The summed E-state index contributed by atoms with van der Waals surface area (Å²) in [5, 5.41) is 8.86. The molecule has 0 radical (unpaired) electrons. The number of nitrogens with zero attached hydrogens (tertiary/aromatic N) is 3. The van der Waals surface area contributed by atoms with Gasteiger partial charge in [0.1, 0.15) is 0 Å². The lowest BCUT2D eigenvalue weighted by atomic mass is 9.97. The molecule has 19 heavy (non-hydrogen) atoms. The van der Waals surface area contributed by atoms with E-state index in [1.165, 1.54) is 19.4 Å². The monoisotopic (exact) mass is 258 g/mol. The van der Waals surface area contributed by atoms with Crippen molar-refractivity contribution in [3.8, 4) is 6.07 Å². The molecule has 4 nitrogen and oxygen atoms in total. The molecule has 1 heterocycles. The van der Waals surface area contributed by atoms with E-state index < -0.39 is 0 Å². The quantitative estimate of drug-likeness (QED) is 0.842. The van der Waals surface area contributed by atoms with E-state index in [1.807, 2.05) is 12.1 Å². The predicted molar refractivity (Wildman–Crippen MR) is 79.1 cm³/mol. The van der Waals surface area contributed by atoms with Crippen LogP contribution >= 0.6 is 0 Å². The van der Waals surface area contributed by atoms with Gasteiger partial charge < -0.3 is 15.5 Å². The Morgan fingerprint density at radius 2 is 2.32 bits per heavy atom. The van der Waals surface area contributed by atoms with Crippen molar-refractivity contribution < 1.29 is 0 Å². The molecule has 0 bridgehead atoms. The molecule has 0 aliphatic carbocycles. The molecule has 102 valence electrons. The highest BCUT2D eigenvalue weighted by Gasteiger charge is 2.19. The number of nitrogen functional groups attached to an aromatic ring is 1. The lowest BCUT2D eigenvalue weighted by molar-refractivity contribution is 0.213. The van der Waals surface area contributed by atoms with Gasteiger partial charge in [0.25, 0.3) is 0 Å². The van der Waals surface area contributed by atoms with E-state index >= 15 is 0 Å². The topological polar surface area (TPSA) is 56.3 Å². The Morgan fingerprint density at radius 1 is 1.53 bits per heavy atom.